The van der Waals surface area contributed by atoms with E-state index in [1.807, 2.05) is 6.07 Å². The Morgan fingerprint density at radius 3 is 2.89 bits per heavy atom. The Kier molecular flexibility index (Phi) is 4.99. The van der Waals surface area contributed by atoms with Crippen LogP contribution in [-0.4, -0.2) is 33.5 Å². The van der Waals surface area contributed by atoms with Gasteiger partial charge in [0.25, 0.3) is 0 Å². The SMILES string of the molecule is COCCOCCOc1ccc2c(c1)CC[C@H]2N. The number of fused-ring (bicyclic) bond motifs is 1. The molecule has 4 heteroatoms. The summed E-state index contributed by atoms with van der Waals surface area (Å²) < 4.78 is 15.9. The highest BCUT2D eigenvalue weighted by molar-refractivity contribution is 5.40. The van der Waals surface area contributed by atoms with Gasteiger partial charge in [0.15, 0.2) is 0 Å². The molecule has 1 aromatic carbocycles. The van der Waals surface area contributed by atoms with Crippen LogP contribution in [0.25, 0.3) is 0 Å². The smallest absolute Gasteiger partial charge is 0.119 e. The van der Waals surface area contributed by atoms with Gasteiger partial charge >= 0.3 is 0 Å². The highest BCUT2D eigenvalue weighted by Gasteiger charge is 2.18. The zero-order valence-electron chi connectivity index (χ0n) is 10.9. The zero-order chi connectivity index (χ0) is 12.8. The van der Waals surface area contributed by atoms with Gasteiger partial charge in [0.05, 0.1) is 19.8 Å². The Hall–Kier alpha value is -1.10. The predicted molar refractivity (Wildman–Crippen MR) is 69.9 cm³/mol. The van der Waals surface area contributed by atoms with Crippen molar-refractivity contribution in [1.29, 1.82) is 0 Å². The second-order valence-corrected chi connectivity index (χ2v) is 4.46. The first-order valence-electron chi connectivity index (χ1n) is 6.39. The lowest BCUT2D eigenvalue weighted by Crippen LogP contribution is -2.10. The standard InChI is InChI=1S/C14H21NO3/c1-16-6-7-17-8-9-18-12-3-4-13-11(10-12)2-5-14(13)15/h3-4,10,14H,2,5-9,15H2,1H3/t14-/m1/s1. The predicted octanol–water partition coefficient (Wildman–Crippen LogP) is 1.67. The molecule has 100 valence electrons. The van der Waals surface area contributed by atoms with Crippen LogP contribution in [0.4, 0.5) is 0 Å². The van der Waals surface area contributed by atoms with Crippen molar-refractivity contribution in [2.45, 2.75) is 18.9 Å². The quantitative estimate of drug-likeness (QED) is 0.749. The Balaban J connectivity index is 1.74. The molecule has 0 heterocycles. The summed E-state index contributed by atoms with van der Waals surface area (Å²) in [7, 11) is 1.66. The lowest BCUT2D eigenvalue weighted by molar-refractivity contribution is 0.0544. The maximum absolute atomic E-state index is 5.99. The maximum atomic E-state index is 5.99. The van der Waals surface area contributed by atoms with E-state index in [9.17, 15) is 0 Å². The molecule has 0 spiro atoms. The van der Waals surface area contributed by atoms with Crippen molar-refractivity contribution in [2.75, 3.05) is 33.5 Å². The van der Waals surface area contributed by atoms with Crippen LogP contribution in [0.5, 0.6) is 5.75 Å². The fraction of sp³-hybridized carbons (Fsp3) is 0.571. The normalized spacial score (nSPS) is 17.8. The van der Waals surface area contributed by atoms with Gasteiger partial charge in [-0.1, -0.05) is 6.07 Å². The van der Waals surface area contributed by atoms with Crippen molar-refractivity contribution in [3.63, 3.8) is 0 Å². The summed E-state index contributed by atoms with van der Waals surface area (Å²) in [6.45, 7) is 2.38. The van der Waals surface area contributed by atoms with Crippen LogP contribution < -0.4 is 10.5 Å². The molecule has 0 amide bonds. The highest BCUT2D eigenvalue weighted by atomic mass is 16.5. The first-order chi connectivity index (χ1) is 8.81. The summed E-state index contributed by atoms with van der Waals surface area (Å²) in [5.74, 6) is 0.901. The number of benzene rings is 1. The number of methoxy groups -OCH3 is 1. The summed E-state index contributed by atoms with van der Waals surface area (Å²) in [5.41, 5.74) is 8.57. The third-order valence-electron chi connectivity index (χ3n) is 3.17. The number of hydrogen-bond donors (Lipinski definition) is 1. The molecule has 1 aliphatic carbocycles. The molecule has 1 aromatic rings. The van der Waals surface area contributed by atoms with Crippen LogP contribution >= 0.6 is 0 Å². The first kappa shape index (κ1) is 13.3. The van der Waals surface area contributed by atoms with Crippen LogP contribution in [0.3, 0.4) is 0 Å². The summed E-state index contributed by atoms with van der Waals surface area (Å²) in [4.78, 5) is 0. The van der Waals surface area contributed by atoms with Crippen molar-refractivity contribution in [2.24, 2.45) is 5.73 Å². The lowest BCUT2D eigenvalue weighted by Gasteiger charge is -2.09. The van der Waals surface area contributed by atoms with Gasteiger partial charge in [-0.3, -0.25) is 0 Å². The van der Waals surface area contributed by atoms with Gasteiger partial charge in [-0.15, -0.1) is 0 Å². The topological polar surface area (TPSA) is 53.7 Å². The van der Waals surface area contributed by atoms with Gasteiger partial charge in [0.1, 0.15) is 12.4 Å². The van der Waals surface area contributed by atoms with Gasteiger partial charge < -0.3 is 19.9 Å². The molecule has 0 fully saturated rings. The van der Waals surface area contributed by atoms with E-state index in [2.05, 4.69) is 12.1 Å². The maximum Gasteiger partial charge on any atom is 0.119 e. The van der Waals surface area contributed by atoms with Crippen molar-refractivity contribution in [3.8, 4) is 5.75 Å². The van der Waals surface area contributed by atoms with Gasteiger partial charge in [-0.05, 0) is 36.1 Å². The molecular weight excluding hydrogens is 230 g/mol. The fourth-order valence-electron chi connectivity index (χ4n) is 2.18. The molecule has 0 saturated heterocycles. The molecule has 2 N–H and O–H groups in total. The van der Waals surface area contributed by atoms with Crippen LogP contribution in [0.1, 0.15) is 23.6 Å². The molecule has 0 saturated carbocycles. The van der Waals surface area contributed by atoms with Crippen LogP contribution in [-0.2, 0) is 15.9 Å². The number of rotatable bonds is 7. The molecule has 0 radical (unpaired) electrons. The molecule has 2 rings (SSSR count). The van der Waals surface area contributed by atoms with Crippen molar-refractivity contribution in [3.05, 3.63) is 29.3 Å². The van der Waals surface area contributed by atoms with E-state index in [4.69, 9.17) is 19.9 Å². The van der Waals surface area contributed by atoms with Gasteiger partial charge in [-0.2, -0.15) is 0 Å². The third kappa shape index (κ3) is 3.45. The van der Waals surface area contributed by atoms with E-state index in [1.54, 1.807) is 7.11 Å². The molecule has 1 aliphatic rings. The van der Waals surface area contributed by atoms with E-state index < -0.39 is 0 Å². The summed E-state index contributed by atoms with van der Waals surface area (Å²) in [6.07, 6.45) is 2.09. The second kappa shape index (κ2) is 6.73. The van der Waals surface area contributed by atoms with E-state index in [0.29, 0.717) is 26.4 Å². The fourth-order valence-corrected chi connectivity index (χ4v) is 2.18. The largest absolute Gasteiger partial charge is 0.491 e. The zero-order valence-corrected chi connectivity index (χ0v) is 10.9. The molecule has 0 bridgehead atoms. The van der Waals surface area contributed by atoms with Crippen molar-refractivity contribution in [1.82, 2.24) is 0 Å². The summed E-state index contributed by atoms with van der Waals surface area (Å²) in [5, 5.41) is 0. The number of nitrogens with two attached hydrogens (primary N) is 1. The monoisotopic (exact) mass is 251 g/mol. The molecule has 4 nitrogen and oxygen atoms in total. The average Bonchev–Trinajstić information content (AvgIpc) is 2.75. The summed E-state index contributed by atoms with van der Waals surface area (Å²) >= 11 is 0. The number of ether oxygens (including phenoxy) is 3. The Labute approximate surface area is 108 Å². The molecule has 0 unspecified atom stereocenters. The highest BCUT2D eigenvalue weighted by Crippen LogP contribution is 2.31. The van der Waals surface area contributed by atoms with Crippen molar-refractivity contribution < 1.29 is 14.2 Å². The lowest BCUT2D eigenvalue weighted by atomic mass is 10.1. The van der Waals surface area contributed by atoms with Crippen LogP contribution in [0.2, 0.25) is 0 Å². The minimum absolute atomic E-state index is 0.200. The van der Waals surface area contributed by atoms with Gasteiger partial charge in [-0.25, -0.2) is 0 Å². The molecular formula is C14H21NO3. The Morgan fingerprint density at radius 2 is 2.06 bits per heavy atom. The molecule has 18 heavy (non-hydrogen) atoms. The minimum atomic E-state index is 0.200. The Bertz CT molecular complexity index is 381. The molecule has 0 aromatic heterocycles. The van der Waals surface area contributed by atoms with E-state index in [-0.39, 0.29) is 6.04 Å². The second-order valence-electron chi connectivity index (χ2n) is 4.46. The van der Waals surface area contributed by atoms with Crippen LogP contribution in [0.15, 0.2) is 18.2 Å². The van der Waals surface area contributed by atoms with Gasteiger partial charge in [0.2, 0.25) is 0 Å². The van der Waals surface area contributed by atoms with Gasteiger partial charge in [0, 0.05) is 13.2 Å². The minimum Gasteiger partial charge on any atom is -0.491 e. The summed E-state index contributed by atoms with van der Waals surface area (Å²) in [6, 6.07) is 6.36. The van der Waals surface area contributed by atoms with Crippen molar-refractivity contribution >= 4 is 0 Å². The molecule has 0 aliphatic heterocycles. The third-order valence-corrected chi connectivity index (χ3v) is 3.17. The number of hydrogen-bond acceptors (Lipinski definition) is 4. The van der Waals surface area contributed by atoms with Crippen LogP contribution in [0, 0.1) is 0 Å². The van der Waals surface area contributed by atoms with E-state index in [0.717, 1.165) is 18.6 Å². The average molecular weight is 251 g/mol. The molecule has 1 atom stereocenters. The van der Waals surface area contributed by atoms with E-state index in [1.165, 1.54) is 11.1 Å². The Morgan fingerprint density at radius 1 is 1.22 bits per heavy atom. The number of aryl methyl sites for hydroxylation is 1. The first-order valence-corrected chi connectivity index (χ1v) is 6.39. The van der Waals surface area contributed by atoms with E-state index >= 15 is 0 Å².